The number of hydrogen-bond acceptors (Lipinski definition) is 6. The number of carbonyl (C=O) groups excluding carboxylic acids is 3. The number of rotatable bonds is 11. The Morgan fingerprint density at radius 3 is 2.13 bits per heavy atom. The smallest absolute Gasteiger partial charge is 0.335 e. The van der Waals surface area contributed by atoms with Crippen molar-refractivity contribution in [3.05, 3.63) is 70.8 Å². The van der Waals surface area contributed by atoms with Gasteiger partial charge in [-0.3, -0.25) is 19.3 Å². The summed E-state index contributed by atoms with van der Waals surface area (Å²) in [5, 5.41) is 23.4. The van der Waals surface area contributed by atoms with E-state index in [0.717, 1.165) is 62.5 Å². The molecule has 3 N–H and O–H groups in total. The van der Waals surface area contributed by atoms with Crippen molar-refractivity contribution < 1.29 is 29.4 Å². The average molecular weight is 647 g/mol. The fourth-order valence-electron chi connectivity index (χ4n) is 7.54. The lowest BCUT2D eigenvalue weighted by molar-refractivity contribution is -0.165. The second-order valence-corrected chi connectivity index (χ2v) is 13.7. The number of nitrogens with zero attached hydrogens (tertiary/aromatic N) is 3. The van der Waals surface area contributed by atoms with Gasteiger partial charge in [-0.05, 0) is 73.4 Å². The fraction of sp³-hybridized carbons (Fsp3) is 0.568. The summed E-state index contributed by atoms with van der Waals surface area (Å²) in [5.41, 5.74) is 1.79. The number of nitrogens with one attached hydrogen (secondary N) is 1. The average Bonchev–Trinajstić information content (AvgIpc) is 3.37. The van der Waals surface area contributed by atoms with Gasteiger partial charge in [0, 0.05) is 45.3 Å². The summed E-state index contributed by atoms with van der Waals surface area (Å²) >= 11 is 0. The maximum atomic E-state index is 14.0. The molecule has 1 saturated carbocycles. The molecular formula is C37H50N4O6. The van der Waals surface area contributed by atoms with Gasteiger partial charge in [0.1, 0.15) is 11.6 Å². The third-order valence-electron chi connectivity index (χ3n) is 10.5. The third-order valence-corrected chi connectivity index (χ3v) is 10.5. The number of piperidine rings is 1. The first-order valence-electron chi connectivity index (χ1n) is 17.3. The summed E-state index contributed by atoms with van der Waals surface area (Å²) in [6, 6.07) is 13.2. The standard InChI is InChI=1S/C37H50N4O6/c1-3-4-21-41-34(44)31(32(42)28-9-7-5-6-8-10-28)38-36(47)37(41)19-22-40(23-20-37)25-27-11-15-29(16-12-27)33(43)39(2)24-26-13-17-30(18-14-26)35(45)46/h11-18,28,31-32,42H,3-10,19-25H2,1-2H3,(H,38,47)(H,45,46)/t31-,32-/m1/s1. The minimum atomic E-state index is -0.983. The molecule has 2 aliphatic heterocycles. The molecule has 0 radical (unpaired) electrons. The van der Waals surface area contributed by atoms with Crippen molar-refractivity contribution in [3.63, 3.8) is 0 Å². The number of unbranched alkanes of at least 4 members (excludes halogenated alkanes) is 1. The summed E-state index contributed by atoms with van der Waals surface area (Å²) in [6.45, 7) is 4.95. The monoisotopic (exact) mass is 646 g/mol. The van der Waals surface area contributed by atoms with E-state index in [1.807, 2.05) is 29.2 Å². The van der Waals surface area contributed by atoms with Crippen molar-refractivity contribution in [2.24, 2.45) is 5.92 Å². The van der Waals surface area contributed by atoms with Crippen LogP contribution in [-0.4, -0.2) is 93.0 Å². The second kappa shape index (κ2) is 15.4. The van der Waals surface area contributed by atoms with E-state index in [9.17, 15) is 24.3 Å². The van der Waals surface area contributed by atoms with Gasteiger partial charge in [0.05, 0.1) is 11.7 Å². The number of piperazine rings is 1. The van der Waals surface area contributed by atoms with Crippen LogP contribution in [0.1, 0.15) is 103 Å². The van der Waals surface area contributed by atoms with E-state index in [4.69, 9.17) is 5.11 Å². The van der Waals surface area contributed by atoms with E-state index in [1.165, 1.54) is 12.1 Å². The van der Waals surface area contributed by atoms with Gasteiger partial charge in [0.2, 0.25) is 11.8 Å². The molecule has 0 bridgehead atoms. The molecule has 2 atom stereocenters. The number of likely N-dealkylation sites (tertiary alicyclic amines) is 1. The van der Waals surface area contributed by atoms with Gasteiger partial charge < -0.3 is 25.3 Å². The number of benzene rings is 2. The van der Waals surface area contributed by atoms with Gasteiger partial charge >= 0.3 is 5.97 Å². The number of amides is 3. The number of aliphatic hydroxyl groups excluding tert-OH is 1. The van der Waals surface area contributed by atoms with Gasteiger partial charge in [-0.25, -0.2) is 4.79 Å². The molecule has 1 spiro atoms. The van der Waals surface area contributed by atoms with Crippen LogP contribution in [0.15, 0.2) is 48.5 Å². The minimum Gasteiger partial charge on any atom is -0.478 e. The van der Waals surface area contributed by atoms with Gasteiger partial charge in [0.25, 0.3) is 5.91 Å². The second-order valence-electron chi connectivity index (χ2n) is 13.7. The highest BCUT2D eigenvalue weighted by Gasteiger charge is 2.55. The summed E-state index contributed by atoms with van der Waals surface area (Å²) in [6.07, 6.45) is 8.16. The summed E-state index contributed by atoms with van der Waals surface area (Å²) in [7, 11) is 1.72. The van der Waals surface area contributed by atoms with Crippen molar-refractivity contribution in [2.45, 2.75) is 102 Å². The Hall–Kier alpha value is -3.76. The van der Waals surface area contributed by atoms with Gasteiger partial charge in [0.15, 0.2) is 0 Å². The van der Waals surface area contributed by atoms with Crippen LogP contribution in [0.4, 0.5) is 0 Å². The first kappa shape index (κ1) is 34.6. The molecule has 3 aliphatic rings. The Bertz CT molecular complexity index is 1390. The van der Waals surface area contributed by atoms with E-state index in [-0.39, 0.29) is 29.2 Å². The van der Waals surface area contributed by atoms with Crippen LogP contribution in [0.5, 0.6) is 0 Å². The molecule has 3 fully saturated rings. The molecule has 254 valence electrons. The first-order chi connectivity index (χ1) is 22.6. The predicted molar refractivity (Wildman–Crippen MR) is 179 cm³/mol. The molecular weight excluding hydrogens is 596 g/mol. The van der Waals surface area contributed by atoms with E-state index >= 15 is 0 Å². The number of aliphatic hydroxyl groups is 1. The largest absolute Gasteiger partial charge is 0.478 e. The quantitative estimate of drug-likeness (QED) is 0.308. The summed E-state index contributed by atoms with van der Waals surface area (Å²) in [4.78, 5) is 57.7. The third kappa shape index (κ3) is 7.87. The molecule has 10 heteroatoms. The Kier molecular flexibility index (Phi) is 11.3. The molecule has 0 unspecified atom stereocenters. The van der Waals surface area contributed by atoms with E-state index < -0.39 is 23.7 Å². The van der Waals surface area contributed by atoms with Crippen LogP contribution < -0.4 is 5.32 Å². The van der Waals surface area contributed by atoms with Crippen LogP contribution in [-0.2, 0) is 22.7 Å². The molecule has 2 heterocycles. The Labute approximate surface area is 278 Å². The SMILES string of the molecule is CCCCN1C(=O)[C@@H]([C@H](O)C2CCCCCC2)NC(=O)C12CCN(Cc1ccc(C(=O)N(C)Cc3ccc(C(=O)O)cc3)cc1)CC2. The van der Waals surface area contributed by atoms with Crippen LogP contribution in [0, 0.1) is 5.92 Å². The Morgan fingerprint density at radius 1 is 0.936 bits per heavy atom. The van der Waals surface area contributed by atoms with Gasteiger partial charge in [-0.1, -0.05) is 63.3 Å². The number of carboxylic acids is 1. The molecule has 5 rings (SSSR count). The van der Waals surface area contributed by atoms with Gasteiger partial charge in [-0.2, -0.15) is 0 Å². The lowest BCUT2D eigenvalue weighted by Crippen LogP contribution is -2.75. The highest BCUT2D eigenvalue weighted by molar-refractivity contribution is 6.00. The predicted octanol–water partition coefficient (Wildman–Crippen LogP) is 4.45. The lowest BCUT2D eigenvalue weighted by atomic mass is 9.79. The zero-order valence-electron chi connectivity index (χ0n) is 27.8. The van der Waals surface area contributed by atoms with Crippen molar-refractivity contribution in [1.82, 2.24) is 20.0 Å². The summed E-state index contributed by atoms with van der Waals surface area (Å²) < 4.78 is 0. The van der Waals surface area contributed by atoms with Crippen LogP contribution >= 0.6 is 0 Å². The van der Waals surface area contributed by atoms with Crippen molar-refractivity contribution in [1.29, 1.82) is 0 Å². The topological polar surface area (TPSA) is 130 Å². The van der Waals surface area contributed by atoms with Crippen molar-refractivity contribution in [2.75, 3.05) is 26.7 Å². The normalized spacial score (nSPS) is 21.3. The van der Waals surface area contributed by atoms with Crippen LogP contribution in [0.3, 0.4) is 0 Å². The highest BCUT2D eigenvalue weighted by Crippen LogP contribution is 2.36. The molecule has 3 amide bonds. The van der Waals surface area contributed by atoms with Crippen molar-refractivity contribution in [3.8, 4) is 0 Å². The molecule has 2 aromatic carbocycles. The Balaban J connectivity index is 1.18. The molecule has 47 heavy (non-hydrogen) atoms. The number of aromatic carboxylic acids is 1. The molecule has 2 aromatic rings. The minimum absolute atomic E-state index is 0.0376. The lowest BCUT2D eigenvalue weighted by Gasteiger charge is -2.52. The van der Waals surface area contributed by atoms with Crippen LogP contribution in [0.25, 0.3) is 0 Å². The first-order valence-corrected chi connectivity index (χ1v) is 17.3. The maximum Gasteiger partial charge on any atom is 0.335 e. The summed E-state index contributed by atoms with van der Waals surface area (Å²) in [5.74, 6) is -1.33. The van der Waals surface area contributed by atoms with E-state index in [2.05, 4.69) is 17.1 Å². The number of carbonyl (C=O) groups is 4. The fourth-order valence-corrected chi connectivity index (χ4v) is 7.54. The zero-order chi connectivity index (χ0) is 33.6. The van der Waals surface area contributed by atoms with Crippen molar-refractivity contribution >= 4 is 23.7 Å². The molecule has 2 saturated heterocycles. The molecule has 1 aliphatic carbocycles. The van der Waals surface area contributed by atoms with Crippen LogP contribution in [0.2, 0.25) is 0 Å². The highest BCUT2D eigenvalue weighted by atomic mass is 16.4. The van der Waals surface area contributed by atoms with E-state index in [0.29, 0.717) is 51.1 Å². The van der Waals surface area contributed by atoms with E-state index in [1.54, 1.807) is 24.1 Å². The molecule has 0 aromatic heterocycles. The van der Waals surface area contributed by atoms with Gasteiger partial charge in [-0.15, -0.1) is 0 Å². The Morgan fingerprint density at radius 2 is 1.53 bits per heavy atom. The zero-order valence-corrected chi connectivity index (χ0v) is 27.8. The molecule has 10 nitrogen and oxygen atoms in total. The number of carboxylic acid groups (broad SMARTS) is 1. The maximum absolute atomic E-state index is 14.0. The number of hydrogen-bond donors (Lipinski definition) is 3.